The van der Waals surface area contributed by atoms with Crippen molar-refractivity contribution in [2.45, 2.75) is 25.3 Å². The topological polar surface area (TPSA) is 93.5 Å². The molecule has 1 aromatic heterocycles. The fraction of sp³-hybridized carbons (Fsp3) is 0.391. The largest absolute Gasteiger partial charge is 0.497 e. The number of fused-ring (bicyclic) bond motifs is 1. The van der Waals surface area contributed by atoms with Gasteiger partial charge in [0.05, 0.1) is 18.9 Å². The Labute approximate surface area is 180 Å². The Hall–Kier alpha value is -3.42. The molecule has 1 saturated heterocycles. The molecular weight excluding hydrogens is 396 g/mol. The molecule has 2 aromatic rings. The normalized spacial score (nSPS) is 21.2. The lowest BCUT2D eigenvalue weighted by Crippen LogP contribution is -2.37. The molecule has 0 saturated carbocycles. The Morgan fingerprint density at radius 2 is 1.81 bits per heavy atom. The van der Waals surface area contributed by atoms with Crippen LogP contribution in [0.25, 0.3) is 0 Å². The maximum Gasteiger partial charge on any atom is 0.233 e. The van der Waals surface area contributed by atoms with Crippen molar-refractivity contribution in [3.05, 3.63) is 60.2 Å². The predicted octanol–water partition coefficient (Wildman–Crippen LogP) is 1.98. The van der Waals surface area contributed by atoms with E-state index in [0.29, 0.717) is 18.7 Å². The van der Waals surface area contributed by atoms with Crippen LogP contribution in [0.1, 0.15) is 36.7 Å². The van der Waals surface area contributed by atoms with Gasteiger partial charge in [-0.15, -0.1) is 0 Å². The molecule has 1 aliphatic carbocycles. The molecule has 1 N–H and O–H groups in total. The van der Waals surface area contributed by atoms with E-state index >= 15 is 0 Å². The molecule has 8 heteroatoms. The van der Waals surface area contributed by atoms with Crippen LogP contribution in [0.3, 0.4) is 0 Å². The first-order chi connectivity index (χ1) is 15.0. The third-order valence-electron chi connectivity index (χ3n) is 6.03. The summed E-state index contributed by atoms with van der Waals surface area (Å²) in [5, 5.41) is 3.01. The number of benzene rings is 1. The lowest BCUT2D eigenvalue weighted by Gasteiger charge is -2.20. The highest BCUT2D eigenvalue weighted by Gasteiger charge is 2.46. The molecule has 8 nitrogen and oxygen atoms in total. The van der Waals surface area contributed by atoms with Crippen LogP contribution in [0.15, 0.2) is 48.8 Å². The zero-order chi connectivity index (χ0) is 22.0. The van der Waals surface area contributed by atoms with E-state index in [1.807, 2.05) is 54.2 Å². The molecule has 2 heterocycles. The number of nitrogens with one attached hydrogen (secondary N) is 1. The van der Waals surface area contributed by atoms with E-state index in [1.165, 1.54) is 4.90 Å². The number of ether oxygens (including phenoxy) is 1. The highest BCUT2D eigenvalue weighted by molar-refractivity contribution is 6.05. The number of imide groups is 1. The number of carbonyl (C=O) groups excluding carboxylic acids is 3. The zero-order valence-electron chi connectivity index (χ0n) is 17.7. The summed E-state index contributed by atoms with van der Waals surface area (Å²) in [6.45, 7) is 0.0897. The number of hydrogen-bond acceptors (Lipinski definition) is 5. The van der Waals surface area contributed by atoms with Crippen LogP contribution >= 0.6 is 0 Å². The lowest BCUT2D eigenvalue weighted by atomic mass is 9.85. The number of aryl methyl sites for hydroxylation is 1. The number of likely N-dealkylation sites (tertiary alicyclic amines) is 1. The quantitative estimate of drug-likeness (QED) is 0.544. The zero-order valence-corrected chi connectivity index (χ0v) is 17.7. The van der Waals surface area contributed by atoms with Gasteiger partial charge >= 0.3 is 0 Å². The highest BCUT2D eigenvalue weighted by Crippen LogP contribution is 2.35. The summed E-state index contributed by atoms with van der Waals surface area (Å²) < 4.78 is 7.07. The number of methoxy groups -OCH3 is 1. The van der Waals surface area contributed by atoms with Crippen LogP contribution in [-0.4, -0.2) is 45.8 Å². The molecule has 0 radical (unpaired) electrons. The van der Waals surface area contributed by atoms with Gasteiger partial charge in [-0.3, -0.25) is 19.3 Å². The Balaban J connectivity index is 1.45. The van der Waals surface area contributed by atoms with E-state index in [-0.39, 0.29) is 42.5 Å². The third kappa shape index (κ3) is 4.10. The van der Waals surface area contributed by atoms with Gasteiger partial charge in [-0.25, -0.2) is 4.98 Å². The van der Waals surface area contributed by atoms with Gasteiger partial charge in [-0.2, -0.15) is 0 Å². The molecule has 1 aromatic carbocycles. The molecule has 4 rings (SSSR count). The highest BCUT2D eigenvalue weighted by atomic mass is 16.5. The molecule has 1 aliphatic heterocycles. The Morgan fingerprint density at radius 3 is 2.35 bits per heavy atom. The first kappa shape index (κ1) is 20.8. The summed E-state index contributed by atoms with van der Waals surface area (Å²) in [7, 11) is 3.46. The Bertz CT molecular complexity index is 985. The van der Waals surface area contributed by atoms with Gasteiger partial charge in [0.2, 0.25) is 17.7 Å². The van der Waals surface area contributed by atoms with Gasteiger partial charge in [0.25, 0.3) is 0 Å². The number of amides is 3. The van der Waals surface area contributed by atoms with E-state index in [2.05, 4.69) is 10.3 Å². The van der Waals surface area contributed by atoms with E-state index < -0.39 is 6.04 Å². The second-order valence-electron chi connectivity index (χ2n) is 7.90. The molecule has 0 unspecified atom stereocenters. The smallest absolute Gasteiger partial charge is 0.233 e. The summed E-state index contributed by atoms with van der Waals surface area (Å²) in [6.07, 6.45) is 8.63. The van der Waals surface area contributed by atoms with Crippen LogP contribution in [0.2, 0.25) is 0 Å². The second kappa shape index (κ2) is 8.75. The fourth-order valence-electron chi connectivity index (χ4n) is 4.28. The first-order valence-corrected chi connectivity index (χ1v) is 10.4. The van der Waals surface area contributed by atoms with E-state index in [4.69, 9.17) is 4.74 Å². The molecule has 3 amide bonds. The molecule has 31 heavy (non-hydrogen) atoms. The number of carbonyl (C=O) groups is 3. The predicted molar refractivity (Wildman–Crippen MR) is 113 cm³/mol. The number of nitrogens with zero attached hydrogens (tertiary/aromatic N) is 3. The van der Waals surface area contributed by atoms with Crippen molar-refractivity contribution in [2.24, 2.45) is 18.9 Å². The van der Waals surface area contributed by atoms with E-state index in [9.17, 15) is 14.4 Å². The Morgan fingerprint density at radius 1 is 1.16 bits per heavy atom. The number of allylic oxidation sites excluding steroid dienone is 2. The number of rotatable bonds is 7. The van der Waals surface area contributed by atoms with Crippen LogP contribution in [-0.2, 0) is 21.4 Å². The second-order valence-corrected chi connectivity index (χ2v) is 7.90. The van der Waals surface area contributed by atoms with Crippen LogP contribution < -0.4 is 10.1 Å². The maximum atomic E-state index is 12.8. The summed E-state index contributed by atoms with van der Waals surface area (Å²) in [5.74, 6) is 0.267. The number of aromatic nitrogens is 2. The van der Waals surface area contributed by atoms with Crippen molar-refractivity contribution >= 4 is 17.7 Å². The monoisotopic (exact) mass is 422 g/mol. The van der Waals surface area contributed by atoms with E-state index in [1.54, 1.807) is 13.3 Å². The summed E-state index contributed by atoms with van der Waals surface area (Å²) in [6, 6.07) is 6.95. The van der Waals surface area contributed by atoms with Gasteiger partial charge in [0, 0.05) is 32.4 Å². The minimum absolute atomic E-state index is 0.0431. The maximum absolute atomic E-state index is 12.8. The summed E-state index contributed by atoms with van der Waals surface area (Å²) in [4.78, 5) is 43.7. The number of hydrogen-bond donors (Lipinski definition) is 1. The SMILES string of the molecule is COc1ccc([C@H](NC(=O)CCN2C(=O)[C@H]3CC=CC[C@@H]3C2=O)c2nccn2C)cc1. The Kier molecular flexibility index (Phi) is 5.88. The van der Waals surface area contributed by atoms with Crippen molar-refractivity contribution in [3.8, 4) is 5.75 Å². The number of imidazole rings is 1. The van der Waals surface area contributed by atoms with Gasteiger partial charge in [0.1, 0.15) is 17.6 Å². The minimum Gasteiger partial charge on any atom is -0.497 e. The summed E-state index contributed by atoms with van der Waals surface area (Å²) >= 11 is 0. The first-order valence-electron chi connectivity index (χ1n) is 10.4. The molecule has 0 bridgehead atoms. The van der Waals surface area contributed by atoms with Crippen LogP contribution in [0, 0.1) is 11.8 Å². The lowest BCUT2D eigenvalue weighted by molar-refractivity contribution is -0.140. The minimum atomic E-state index is -0.463. The van der Waals surface area contributed by atoms with Crippen molar-refractivity contribution in [2.75, 3.05) is 13.7 Å². The van der Waals surface area contributed by atoms with Crippen LogP contribution in [0.4, 0.5) is 0 Å². The van der Waals surface area contributed by atoms with Gasteiger partial charge < -0.3 is 14.6 Å². The average Bonchev–Trinajstić information content (AvgIpc) is 3.32. The molecular formula is C23H26N4O4. The average molecular weight is 422 g/mol. The third-order valence-corrected chi connectivity index (χ3v) is 6.03. The fourth-order valence-corrected chi connectivity index (χ4v) is 4.28. The van der Waals surface area contributed by atoms with Crippen molar-refractivity contribution in [1.82, 2.24) is 19.8 Å². The molecule has 1 fully saturated rings. The van der Waals surface area contributed by atoms with Gasteiger partial charge in [0.15, 0.2) is 0 Å². The standard InChI is InChI=1S/C23H26N4O4/c1-26-14-12-24-21(26)20(15-7-9-16(31-2)10-8-15)25-19(28)11-13-27-22(29)17-5-3-4-6-18(17)23(27)30/h3-4,7-10,12,14,17-18,20H,5-6,11,13H2,1-2H3,(H,25,28)/t17-,18-,20-/m0/s1. The van der Waals surface area contributed by atoms with Crippen LogP contribution in [0.5, 0.6) is 5.75 Å². The molecule has 3 atom stereocenters. The van der Waals surface area contributed by atoms with Crippen molar-refractivity contribution in [1.29, 1.82) is 0 Å². The van der Waals surface area contributed by atoms with E-state index in [0.717, 1.165) is 11.3 Å². The molecule has 2 aliphatic rings. The van der Waals surface area contributed by atoms with Gasteiger partial charge in [-0.1, -0.05) is 24.3 Å². The van der Waals surface area contributed by atoms with Crippen molar-refractivity contribution in [3.63, 3.8) is 0 Å². The van der Waals surface area contributed by atoms with Crippen molar-refractivity contribution < 1.29 is 19.1 Å². The summed E-state index contributed by atoms with van der Waals surface area (Å²) in [5.41, 5.74) is 0.855. The molecule has 162 valence electrons. The molecule has 0 spiro atoms. The van der Waals surface area contributed by atoms with Gasteiger partial charge in [-0.05, 0) is 30.5 Å².